The van der Waals surface area contributed by atoms with Gasteiger partial charge in [-0.1, -0.05) is 0 Å². The van der Waals surface area contributed by atoms with E-state index in [1.165, 1.54) is 12.2 Å². The number of hydrogen-bond acceptors (Lipinski definition) is 5. The molecule has 4 nitrogen and oxygen atoms in total. The van der Waals surface area contributed by atoms with Gasteiger partial charge in [-0.05, 0) is 18.2 Å². The van der Waals surface area contributed by atoms with Crippen LogP contribution in [0.2, 0.25) is 0 Å². The maximum absolute atomic E-state index is 5.96. The second-order valence-electron chi connectivity index (χ2n) is 3.72. The van der Waals surface area contributed by atoms with Crippen LogP contribution >= 0.6 is 11.8 Å². The highest BCUT2D eigenvalue weighted by Crippen LogP contribution is 2.25. The third-order valence-corrected chi connectivity index (χ3v) is 3.66. The first kappa shape index (κ1) is 11.4. The van der Waals surface area contributed by atoms with Crippen LogP contribution in [0.5, 0.6) is 5.88 Å². The molecule has 5 heteroatoms. The van der Waals surface area contributed by atoms with Crippen LogP contribution in [-0.4, -0.2) is 36.7 Å². The highest BCUT2D eigenvalue weighted by molar-refractivity contribution is 7.99. The minimum atomic E-state index is 0.626. The molecule has 0 spiro atoms. The summed E-state index contributed by atoms with van der Waals surface area (Å²) < 4.78 is 5.13. The van der Waals surface area contributed by atoms with Crippen molar-refractivity contribution in [1.82, 2.24) is 4.98 Å². The normalized spacial score (nSPS) is 16.9. The number of methoxy groups -OCH3 is 1. The van der Waals surface area contributed by atoms with Crippen molar-refractivity contribution in [3.63, 3.8) is 0 Å². The number of nitrogen functional groups attached to an aromatic ring is 1. The zero-order valence-electron chi connectivity index (χ0n) is 9.48. The monoisotopic (exact) mass is 239 g/mol. The van der Waals surface area contributed by atoms with Crippen LogP contribution in [0.1, 0.15) is 6.42 Å². The van der Waals surface area contributed by atoms with Gasteiger partial charge in [-0.15, -0.1) is 0 Å². The molecule has 0 amide bonds. The fraction of sp³-hybridized carbons (Fsp3) is 0.545. The lowest BCUT2D eigenvalue weighted by Crippen LogP contribution is -2.27. The largest absolute Gasteiger partial charge is 0.481 e. The van der Waals surface area contributed by atoms with Crippen molar-refractivity contribution in [3.8, 4) is 5.88 Å². The topological polar surface area (TPSA) is 51.4 Å². The Labute approximate surface area is 100 Å². The van der Waals surface area contributed by atoms with Gasteiger partial charge >= 0.3 is 0 Å². The molecule has 2 heterocycles. The van der Waals surface area contributed by atoms with Crippen LogP contribution in [0, 0.1) is 0 Å². The molecule has 2 N–H and O–H groups in total. The number of anilines is 2. The molecule has 0 radical (unpaired) electrons. The maximum atomic E-state index is 5.96. The quantitative estimate of drug-likeness (QED) is 0.850. The van der Waals surface area contributed by atoms with E-state index in [0.29, 0.717) is 5.88 Å². The molecule has 0 aliphatic carbocycles. The van der Waals surface area contributed by atoms with E-state index < -0.39 is 0 Å². The molecule has 1 aromatic rings. The Morgan fingerprint density at radius 1 is 1.38 bits per heavy atom. The summed E-state index contributed by atoms with van der Waals surface area (Å²) >= 11 is 1.99. The molecule has 0 saturated carbocycles. The minimum absolute atomic E-state index is 0.626. The molecular formula is C11H17N3OS. The van der Waals surface area contributed by atoms with Crippen molar-refractivity contribution >= 4 is 23.3 Å². The Balaban J connectivity index is 2.22. The zero-order valence-corrected chi connectivity index (χ0v) is 10.3. The third kappa shape index (κ3) is 2.52. The van der Waals surface area contributed by atoms with Crippen molar-refractivity contribution in [3.05, 3.63) is 12.1 Å². The van der Waals surface area contributed by atoms with Crippen molar-refractivity contribution < 1.29 is 4.74 Å². The van der Waals surface area contributed by atoms with Crippen LogP contribution in [-0.2, 0) is 0 Å². The summed E-state index contributed by atoms with van der Waals surface area (Å²) in [7, 11) is 1.63. The van der Waals surface area contributed by atoms with E-state index in [0.717, 1.165) is 30.3 Å². The van der Waals surface area contributed by atoms with Gasteiger partial charge in [0.15, 0.2) is 5.82 Å². The summed E-state index contributed by atoms with van der Waals surface area (Å²) in [6, 6.07) is 3.66. The zero-order chi connectivity index (χ0) is 11.4. The van der Waals surface area contributed by atoms with E-state index in [1.807, 2.05) is 17.8 Å². The SMILES string of the molecule is COc1ccc(N)c(N2CCCSCC2)n1. The van der Waals surface area contributed by atoms with Gasteiger partial charge in [0.2, 0.25) is 5.88 Å². The fourth-order valence-electron chi connectivity index (χ4n) is 1.77. The molecule has 16 heavy (non-hydrogen) atoms. The fourth-order valence-corrected chi connectivity index (χ4v) is 2.65. The van der Waals surface area contributed by atoms with Gasteiger partial charge in [0.25, 0.3) is 0 Å². The number of thioether (sulfide) groups is 1. The van der Waals surface area contributed by atoms with Gasteiger partial charge in [-0.2, -0.15) is 16.7 Å². The minimum Gasteiger partial charge on any atom is -0.481 e. The van der Waals surface area contributed by atoms with Crippen LogP contribution in [0.25, 0.3) is 0 Å². The Bertz CT molecular complexity index is 351. The Kier molecular flexibility index (Phi) is 3.77. The van der Waals surface area contributed by atoms with Crippen molar-refractivity contribution in [1.29, 1.82) is 0 Å². The van der Waals surface area contributed by atoms with Crippen LogP contribution in [0.4, 0.5) is 11.5 Å². The summed E-state index contributed by atoms with van der Waals surface area (Å²) in [5, 5.41) is 0. The van der Waals surface area contributed by atoms with Gasteiger partial charge in [0, 0.05) is 24.9 Å². The average molecular weight is 239 g/mol. The first-order valence-corrected chi connectivity index (χ1v) is 6.60. The van der Waals surface area contributed by atoms with Gasteiger partial charge < -0.3 is 15.4 Å². The molecule has 1 aliphatic rings. The van der Waals surface area contributed by atoms with Crippen molar-refractivity contribution in [2.75, 3.05) is 42.3 Å². The summed E-state index contributed by atoms with van der Waals surface area (Å²) in [5.41, 5.74) is 6.69. The van der Waals surface area contributed by atoms with E-state index >= 15 is 0 Å². The summed E-state index contributed by atoms with van der Waals surface area (Å²) in [6.45, 7) is 2.03. The Morgan fingerprint density at radius 3 is 3.06 bits per heavy atom. The van der Waals surface area contributed by atoms with E-state index in [-0.39, 0.29) is 0 Å². The molecule has 2 rings (SSSR count). The number of hydrogen-bond donors (Lipinski definition) is 1. The molecule has 0 atom stereocenters. The number of nitrogens with two attached hydrogens (primary N) is 1. The van der Waals surface area contributed by atoms with Gasteiger partial charge in [-0.25, -0.2) is 0 Å². The first-order valence-electron chi connectivity index (χ1n) is 5.44. The van der Waals surface area contributed by atoms with Crippen LogP contribution in [0.15, 0.2) is 12.1 Å². The van der Waals surface area contributed by atoms with E-state index in [4.69, 9.17) is 10.5 Å². The number of aromatic nitrogens is 1. The van der Waals surface area contributed by atoms with E-state index in [9.17, 15) is 0 Å². The maximum Gasteiger partial charge on any atom is 0.215 e. The lowest BCUT2D eigenvalue weighted by molar-refractivity contribution is 0.398. The molecule has 88 valence electrons. The van der Waals surface area contributed by atoms with Gasteiger partial charge in [0.1, 0.15) is 0 Å². The second kappa shape index (κ2) is 5.30. The van der Waals surface area contributed by atoms with Crippen LogP contribution in [0.3, 0.4) is 0 Å². The predicted molar refractivity (Wildman–Crippen MR) is 69.4 cm³/mol. The van der Waals surface area contributed by atoms with E-state index in [2.05, 4.69) is 9.88 Å². The summed E-state index contributed by atoms with van der Waals surface area (Å²) in [6.07, 6.45) is 1.18. The molecule has 0 bridgehead atoms. The predicted octanol–water partition coefficient (Wildman–Crippen LogP) is 1.62. The molecule has 1 fully saturated rings. The first-order chi connectivity index (χ1) is 7.81. The van der Waals surface area contributed by atoms with Gasteiger partial charge in [0.05, 0.1) is 12.8 Å². The third-order valence-electron chi connectivity index (χ3n) is 2.61. The number of pyridine rings is 1. The standard InChI is InChI=1S/C11H17N3OS/c1-15-10-4-3-9(12)11(13-10)14-5-2-7-16-8-6-14/h3-4H,2,5-8,12H2,1H3. The molecule has 1 aliphatic heterocycles. The van der Waals surface area contributed by atoms with Crippen molar-refractivity contribution in [2.45, 2.75) is 6.42 Å². The lowest BCUT2D eigenvalue weighted by Gasteiger charge is -2.22. The molecule has 0 unspecified atom stereocenters. The highest BCUT2D eigenvalue weighted by Gasteiger charge is 2.14. The van der Waals surface area contributed by atoms with E-state index in [1.54, 1.807) is 13.2 Å². The molecule has 0 aromatic carbocycles. The molecule has 1 aromatic heterocycles. The summed E-state index contributed by atoms with van der Waals surface area (Å²) in [4.78, 5) is 6.67. The molecule has 1 saturated heterocycles. The number of ether oxygens (including phenoxy) is 1. The number of nitrogens with zero attached hydrogens (tertiary/aromatic N) is 2. The Morgan fingerprint density at radius 2 is 2.25 bits per heavy atom. The van der Waals surface area contributed by atoms with Crippen LogP contribution < -0.4 is 15.4 Å². The van der Waals surface area contributed by atoms with Gasteiger partial charge in [-0.3, -0.25) is 0 Å². The molecular weight excluding hydrogens is 222 g/mol. The second-order valence-corrected chi connectivity index (χ2v) is 4.94. The number of rotatable bonds is 2. The summed E-state index contributed by atoms with van der Waals surface area (Å²) in [5.74, 6) is 3.85. The smallest absolute Gasteiger partial charge is 0.215 e. The average Bonchev–Trinajstić information content (AvgIpc) is 2.58. The lowest BCUT2D eigenvalue weighted by atomic mass is 10.3. The van der Waals surface area contributed by atoms with Crippen molar-refractivity contribution in [2.24, 2.45) is 0 Å². The Hall–Kier alpha value is -1.10. The highest BCUT2D eigenvalue weighted by atomic mass is 32.2.